The molecule has 1 aromatic rings. The van der Waals surface area contributed by atoms with Gasteiger partial charge in [0.15, 0.2) is 0 Å². The molecule has 2 nitrogen and oxygen atoms in total. The van der Waals surface area contributed by atoms with Gasteiger partial charge < -0.3 is 10.5 Å². The van der Waals surface area contributed by atoms with Gasteiger partial charge in [-0.1, -0.05) is 6.07 Å². The van der Waals surface area contributed by atoms with E-state index in [1.807, 2.05) is 6.92 Å². The second kappa shape index (κ2) is 3.54. The first-order valence-electron chi connectivity index (χ1n) is 3.72. The standard InChI is InChI=1S/C9H12FNO/c1-6-3-4-8(10)7(5-11)9(6)12-2/h3-4H,5,11H2,1-2H3. The maximum atomic E-state index is 13.1. The van der Waals surface area contributed by atoms with E-state index in [-0.39, 0.29) is 12.4 Å². The molecule has 0 atom stereocenters. The molecule has 1 aromatic carbocycles. The average Bonchev–Trinajstić information content (AvgIpc) is 2.08. The van der Waals surface area contributed by atoms with Crippen LogP contribution in [0.2, 0.25) is 0 Å². The lowest BCUT2D eigenvalue weighted by molar-refractivity contribution is 0.401. The molecule has 0 spiro atoms. The number of aryl methyl sites for hydroxylation is 1. The van der Waals surface area contributed by atoms with E-state index in [1.165, 1.54) is 13.2 Å². The SMILES string of the molecule is COc1c(C)ccc(F)c1CN. The van der Waals surface area contributed by atoms with E-state index in [9.17, 15) is 4.39 Å². The summed E-state index contributed by atoms with van der Waals surface area (Å²) in [5, 5.41) is 0. The van der Waals surface area contributed by atoms with Gasteiger partial charge in [0, 0.05) is 12.1 Å². The molecule has 0 unspecified atom stereocenters. The molecule has 0 saturated carbocycles. The zero-order valence-corrected chi connectivity index (χ0v) is 7.23. The number of rotatable bonds is 2. The molecule has 0 aliphatic carbocycles. The van der Waals surface area contributed by atoms with Crippen molar-refractivity contribution in [1.29, 1.82) is 0 Å². The molecule has 0 aliphatic heterocycles. The third kappa shape index (κ3) is 1.41. The van der Waals surface area contributed by atoms with Crippen molar-refractivity contribution in [2.45, 2.75) is 13.5 Å². The second-order valence-electron chi connectivity index (χ2n) is 2.58. The van der Waals surface area contributed by atoms with Gasteiger partial charge in [-0.15, -0.1) is 0 Å². The molecule has 66 valence electrons. The van der Waals surface area contributed by atoms with Gasteiger partial charge in [0.1, 0.15) is 11.6 Å². The lowest BCUT2D eigenvalue weighted by Crippen LogP contribution is -2.04. The van der Waals surface area contributed by atoms with Gasteiger partial charge in [-0.3, -0.25) is 0 Å². The summed E-state index contributed by atoms with van der Waals surface area (Å²) in [5.41, 5.74) is 6.72. The predicted molar refractivity (Wildman–Crippen MR) is 45.6 cm³/mol. The average molecular weight is 169 g/mol. The van der Waals surface area contributed by atoms with Gasteiger partial charge in [-0.05, 0) is 18.6 Å². The Morgan fingerprint density at radius 3 is 2.58 bits per heavy atom. The van der Waals surface area contributed by atoms with Crippen molar-refractivity contribution in [2.75, 3.05) is 7.11 Å². The Hall–Kier alpha value is -1.09. The van der Waals surface area contributed by atoms with Gasteiger partial charge in [0.05, 0.1) is 7.11 Å². The first-order valence-corrected chi connectivity index (χ1v) is 3.72. The molecule has 0 fully saturated rings. The van der Waals surface area contributed by atoms with Crippen LogP contribution < -0.4 is 10.5 Å². The van der Waals surface area contributed by atoms with Gasteiger partial charge in [-0.2, -0.15) is 0 Å². The lowest BCUT2D eigenvalue weighted by atomic mass is 10.1. The van der Waals surface area contributed by atoms with Crippen molar-refractivity contribution in [3.63, 3.8) is 0 Å². The molecule has 0 radical (unpaired) electrons. The first kappa shape index (κ1) is 9.00. The van der Waals surface area contributed by atoms with E-state index in [4.69, 9.17) is 10.5 Å². The van der Waals surface area contributed by atoms with Gasteiger partial charge in [-0.25, -0.2) is 4.39 Å². The van der Waals surface area contributed by atoms with E-state index in [1.54, 1.807) is 6.07 Å². The molecule has 3 heteroatoms. The summed E-state index contributed by atoms with van der Waals surface area (Å²) in [6, 6.07) is 3.08. The Morgan fingerprint density at radius 2 is 2.17 bits per heavy atom. The van der Waals surface area contributed by atoms with Crippen LogP contribution in [0.5, 0.6) is 5.75 Å². The van der Waals surface area contributed by atoms with Crippen molar-refractivity contribution in [3.8, 4) is 5.75 Å². The lowest BCUT2D eigenvalue weighted by Gasteiger charge is -2.09. The number of ether oxygens (including phenoxy) is 1. The molecule has 0 aromatic heterocycles. The Morgan fingerprint density at radius 1 is 1.50 bits per heavy atom. The minimum Gasteiger partial charge on any atom is -0.496 e. The summed E-state index contributed by atoms with van der Waals surface area (Å²) >= 11 is 0. The fourth-order valence-electron chi connectivity index (χ4n) is 1.20. The number of nitrogens with two attached hydrogens (primary N) is 1. The topological polar surface area (TPSA) is 35.2 Å². The molecular weight excluding hydrogens is 157 g/mol. The van der Waals surface area contributed by atoms with Gasteiger partial charge in [0.2, 0.25) is 0 Å². The van der Waals surface area contributed by atoms with E-state index in [0.29, 0.717) is 11.3 Å². The maximum absolute atomic E-state index is 13.1. The molecule has 12 heavy (non-hydrogen) atoms. The summed E-state index contributed by atoms with van der Waals surface area (Å²) in [6.07, 6.45) is 0. The third-order valence-electron chi connectivity index (χ3n) is 1.81. The summed E-state index contributed by atoms with van der Waals surface area (Å²) in [4.78, 5) is 0. The highest BCUT2D eigenvalue weighted by atomic mass is 19.1. The van der Waals surface area contributed by atoms with Crippen LogP contribution in [0.4, 0.5) is 4.39 Å². The summed E-state index contributed by atoms with van der Waals surface area (Å²) in [5.74, 6) is 0.248. The molecule has 0 saturated heterocycles. The zero-order chi connectivity index (χ0) is 9.14. The van der Waals surface area contributed by atoms with Crippen LogP contribution >= 0.6 is 0 Å². The minimum absolute atomic E-state index is 0.163. The van der Waals surface area contributed by atoms with Crippen molar-refractivity contribution < 1.29 is 9.13 Å². The summed E-state index contributed by atoms with van der Waals surface area (Å²) < 4.78 is 18.1. The van der Waals surface area contributed by atoms with Crippen LogP contribution in [0, 0.1) is 12.7 Å². The monoisotopic (exact) mass is 169 g/mol. The zero-order valence-electron chi connectivity index (χ0n) is 7.23. The molecule has 1 rings (SSSR count). The van der Waals surface area contributed by atoms with Gasteiger partial charge >= 0.3 is 0 Å². The number of hydrogen-bond acceptors (Lipinski definition) is 2. The van der Waals surface area contributed by atoms with Crippen LogP contribution in [0.15, 0.2) is 12.1 Å². The molecule has 0 amide bonds. The Kier molecular flexibility index (Phi) is 2.65. The van der Waals surface area contributed by atoms with Crippen LogP contribution in [0.1, 0.15) is 11.1 Å². The van der Waals surface area contributed by atoms with E-state index < -0.39 is 0 Å². The van der Waals surface area contributed by atoms with E-state index >= 15 is 0 Å². The first-order chi connectivity index (χ1) is 5.70. The Bertz CT molecular complexity index is 257. The highest BCUT2D eigenvalue weighted by Crippen LogP contribution is 2.24. The normalized spacial score (nSPS) is 10.0. The smallest absolute Gasteiger partial charge is 0.131 e. The minimum atomic E-state index is -0.306. The number of hydrogen-bond donors (Lipinski definition) is 1. The maximum Gasteiger partial charge on any atom is 0.131 e. The molecule has 0 bridgehead atoms. The van der Waals surface area contributed by atoms with Crippen molar-refractivity contribution in [1.82, 2.24) is 0 Å². The van der Waals surface area contributed by atoms with Crippen LogP contribution in [0.25, 0.3) is 0 Å². The molecule has 0 aliphatic rings. The fraction of sp³-hybridized carbons (Fsp3) is 0.333. The van der Waals surface area contributed by atoms with Crippen molar-refractivity contribution in [3.05, 3.63) is 29.1 Å². The third-order valence-corrected chi connectivity index (χ3v) is 1.81. The van der Waals surface area contributed by atoms with Crippen LogP contribution in [-0.2, 0) is 6.54 Å². The highest BCUT2D eigenvalue weighted by molar-refractivity contribution is 5.41. The van der Waals surface area contributed by atoms with Gasteiger partial charge in [0.25, 0.3) is 0 Å². The number of methoxy groups -OCH3 is 1. The molecule has 2 N–H and O–H groups in total. The Balaban J connectivity index is 3.28. The molecular formula is C9H12FNO. The van der Waals surface area contributed by atoms with Crippen LogP contribution in [-0.4, -0.2) is 7.11 Å². The molecule has 0 heterocycles. The largest absolute Gasteiger partial charge is 0.496 e. The van der Waals surface area contributed by atoms with Crippen molar-refractivity contribution >= 4 is 0 Å². The van der Waals surface area contributed by atoms with Crippen LogP contribution in [0.3, 0.4) is 0 Å². The second-order valence-corrected chi connectivity index (χ2v) is 2.58. The highest BCUT2D eigenvalue weighted by Gasteiger charge is 2.09. The number of halogens is 1. The summed E-state index contributed by atoms with van der Waals surface area (Å²) in [6.45, 7) is 2.02. The quantitative estimate of drug-likeness (QED) is 0.729. The van der Waals surface area contributed by atoms with Crippen molar-refractivity contribution in [2.24, 2.45) is 5.73 Å². The van der Waals surface area contributed by atoms with E-state index in [2.05, 4.69) is 0 Å². The summed E-state index contributed by atoms with van der Waals surface area (Å²) in [7, 11) is 1.51. The fourth-order valence-corrected chi connectivity index (χ4v) is 1.20. The number of benzene rings is 1. The Labute approximate surface area is 71.1 Å². The predicted octanol–water partition coefficient (Wildman–Crippen LogP) is 1.60. The van der Waals surface area contributed by atoms with E-state index in [0.717, 1.165) is 5.56 Å².